The highest BCUT2D eigenvalue weighted by molar-refractivity contribution is 7.84. The number of carbonyl (C=O) groups excluding carboxylic acids is 1. The van der Waals surface area contributed by atoms with Gasteiger partial charge in [-0.1, -0.05) is 20.3 Å². The molecule has 0 radical (unpaired) electrons. The molecule has 8 heteroatoms. The largest absolute Gasteiger partial charge is 0.462 e. The van der Waals surface area contributed by atoms with Crippen LogP contribution in [-0.4, -0.2) is 33.2 Å². The molecule has 4 nitrogen and oxygen atoms in total. The first-order valence-electron chi connectivity index (χ1n) is 7.79. The Morgan fingerprint density at radius 2 is 1.74 bits per heavy atom. The van der Waals surface area contributed by atoms with Gasteiger partial charge in [0.2, 0.25) is 0 Å². The van der Waals surface area contributed by atoms with Gasteiger partial charge >= 0.3 is 12.1 Å². The van der Waals surface area contributed by atoms with Crippen molar-refractivity contribution >= 4 is 17.0 Å². The van der Waals surface area contributed by atoms with E-state index in [-0.39, 0.29) is 6.42 Å². The lowest BCUT2D eigenvalue weighted by Crippen LogP contribution is -2.53. The highest BCUT2D eigenvalue weighted by Crippen LogP contribution is 2.31. The van der Waals surface area contributed by atoms with Crippen molar-refractivity contribution in [1.29, 1.82) is 0 Å². The van der Waals surface area contributed by atoms with Gasteiger partial charge in [-0.2, -0.15) is 13.2 Å². The minimum Gasteiger partial charge on any atom is -0.462 e. The highest BCUT2D eigenvalue weighted by atomic mass is 32.2. The van der Waals surface area contributed by atoms with E-state index in [1.165, 1.54) is 0 Å². The SMILES string of the molecule is CCC[C@H](C(=O)OC(C)CC)[C@H](N[S@@](=O)C(C)(C)C)C(F)(F)F. The topological polar surface area (TPSA) is 55.4 Å². The van der Waals surface area contributed by atoms with Crippen molar-refractivity contribution in [3.63, 3.8) is 0 Å². The highest BCUT2D eigenvalue weighted by Gasteiger charge is 2.49. The number of rotatable bonds is 8. The summed E-state index contributed by atoms with van der Waals surface area (Å²) in [4.78, 5) is 12.2. The summed E-state index contributed by atoms with van der Waals surface area (Å²) in [6, 6.07) is -2.20. The molecule has 1 unspecified atom stereocenters. The van der Waals surface area contributed by atoms with E-state index in [1.807, 2.05) is 0 Å². The van der Waals surface area contributed by atoms with Crippen molar-refractivity contribution in [2.75, 3.05) is 0 Å². The number of alkyl halides is 3. The van der Waals surface area contributed by atoms with Gasteiger partial charge in [0.05, 0.1) is 27.8 Å². The van der Waals surface area contributed by atoms with Crippen LogP contribution in [-0.2, 0) is 20.5 Å². The third kappa shape index (κ3) is 7.65. The van der Waals surface area contributed by atoms with Crippen LogP contribution in [0.5, 0.6) is 0 Å². The first kappa shape index (κ1) is 22.4. The third-order valence-electron chi connectivity index (χ3n) is 3.34. The lowest BCUT2D eigenvalue weighted by Gasteiger charge is -2.31. The van der Waals surface area contributed by atoms with E-state index in [2.05, 4.69) is 4.72 Å². The second-order valence-corrected chi connectivity index (χ2v) is 8.57. The van der Waals surface area contributed by atoms with E-state index < -0.39 is 45.9 Å². The summed E-state index contributed by atoms with van der Waals surface area (Å²) in [7, 11) is -1.95. The van der Waals surface area contributed by atoms with Gasteiger partial charge in [0.25, 0.3) is 0 Å². The predicted molar refractivity (Wildman–Crippen MR) is 85.1 cm³/mol. The van der Waals surface area contributed by atoms with E-state index >= 15 is 0 Å². The zero-order chi connectivity index (χ0) is 18.4. The molecule has 1 N–H and O–H groups in total. The Labute approximate surface area is 139 Å². The summed E-state index contributed by atoms with van der Waals surface area (Å²) < 4.78 is 58.6. The third-order valence-corrected chi connectivity index (χ3v) is 4.92. The van der Waals surface area contributed by atoms with Gasteiger partial charge in [0.15, 0.2) is 0 Å². The number of esters is 1. The quantitative estimate of drug-likeness (QED) is 0.672. The number of nitrogens with one attached hydrogen (secondary N) is 1. The van der Waals surface area contributed by atoms with Crippen LogP contribution in [0.4, 0.5) is 13.2 Å². The normalized spacial score (nSPS) is 18.1. The molecule has 23 heavy (non-hydrogen) atoms. The van der Waals surface area contributed by atoms with E-state index in [0.29, 0.717) is 12.8 Å². The Balaban J connectivity index is 5.43. The Bertz CT molecular complexity index is 408. The van der Waals surface area contributed by atoms with Gasteiger partial charge in [-0.05, 0) is 40.5 Å². The smallest absolute Gasteiger partial charge is 0.405 e. The second-order valence-electron chi connectivity index (χ2n) is 6.57. The van der Waals surface area contributed by atoms with Gasteiger partial charge in [0, 0.05) is 0 Å². The molecule has 0 aliphatic heterocycles. The summed E-state index contributed by atoms with van der Waals surface area (Å²) >= 11 is 0. The molecule has 0 saturated heterocycles. The van der Waals surface area contributed by atoms with Crippen molar-refractivity contribution in [2.45, 2.75) is 83.9 Å². The van der Waals surface area contributed by atoms with Crippen LogP contribution in [0.25, 0.3) is 0 Å². The average molecular weight is 359 g/mol. The first-order valence-corrected chi connectivity index (χ1v) is 8.94. The van der Waals surface area contributed by atoms with Crippen LogP contribution in [0, 0.1) is 5.92 Å². The van der Waals surface area contributed by atoms with Crippen LogP contribution in [0.3, 0.4) is 0 Å². The maximum absolute atomic E-state index is 13.4. The molecule has 0 aromatic carbocycles. The zero-order valence-corrected chi connectivity index (χ0v) is 15.4. The van der Waals surface area contributed by atoms with E-state index in [0.717, 1.165) is 0 Å². The molecule has 0 aliphatic rings. The fraction of sp³-hybridized carbons (Fsp3) is 0.933. The van der Waals surface area contributed by atoms with Gasteiger partial charge in [-0.25, -0.2) is 8.93 Å². The molecular weight excluding hydrogens is 331 g/mol. The summed E-state index contributed by atoms with van der Waals surface area (Å²) in [5.41, 5.74) is 0. The van der Waals surface area contributed by atoms with Gasteiger partial charge in [-0.3, -0.25) is 4.79 Å². The molecule has 0 bridgehead atoms. The van der Waals surface area contributed by atoms with E-state index in [9.17, 15) is 22.2 Å². The van der Waals surface area contributed by atoms with Crippen molar-refractivity contribution < 1.29 is 26.9 Å². The molecule has 0 heterocycles. The van der Waals surface area contributed by atoms with Gasteiger partial charge in [-0.15, -0.1) is 0 Å². The number of halogens is 3. The zero-order valence-electron chi connectivity index (χ0n) is 14.6. The van der Waals surface area contributed by atoms with Crippen LogP contribution in [0.1, 0.15) is 60.8 Å². The second kappa shape index (κ2) is 9.01. The van der Waals surface area contributed by atoms with Crippen LogP contribution in [0.15, 0.2) is 0 Å². The fourth-order valence-corrected chi connectivity index (χ4v) is 2.65. The molecule has 4 atom stereocenters. The van der Waals surface area contributed by atoms with Crippen molar-refractivity contribution in [1.82, 2.24) is 4.72 Å². The minimum absolute atomic E-state index is 0.00773. The monoisotopic (exact) mass is 359 g/mol. The molecule has 0 amide bonds. The molecule has 0 spiro atoms. The van der Waals surface area contributed by atoms with Crippen LogP contribution in [0.2, 0.25) is 0 Å². The summed E-state index contributed by atoms with van der Waals surface area (Å²) in [5.74, 6) is -2.32. The molecule has 0 fully saturated rings. The molecule has 0 aromatic rings. The van der Waals surface area contributed by atoms with Crippen molar-refractivity contribution in [2.24, 2.45) is 5.92 Å². The standard InChI is InChI=1S/C15H28F3NO3S/c1-7-9-11(13(20)22-10(3)8-2)12(15(16,17)18)19-23(21)14(4,5)6/h10-12,19H,7-9H2,1-6H3/t10?,11-,12-,23-/m0/s1. The number of carbonyl (C=O) groups is 1. The van der Waals surface area contributed by atoms with Crippen molar-refractivity contribution in [3.05, 3.63) is 0 Å². The Hall–Kier alpha value is -0.630. The number of ether oxygens (including phenoxy) is 1. The summed E-state index contributed by atoms with van der Waals surface area (Å²) in [6.07, 6.45) is -4.24. The number of hydrogen-bond acceptors (Lipinski definition) is 3. The molecule has 138 valence electrons. The fourth-order valence-electron chi connectivity index (χ4n) is 1.77. The van der Waals surface area contributed by atoms with Crippen molar-refractivity contribution in [3.8, 4) is 0 Å². The van der Waals surface area contributed by atoms with Crippen LogP contribution < -0.4 is 4.72 Å². The maximum atomic E-state index is 13.4. The molecular formula is C15H28F3NO3S. The Morgan fingerprint density at radius 3 is 2.09 bits per heavy atom. The summed E-state index contributed by atoms with van der Waals surface area (Å²) in [6.45, 7) is 9.80. The molecule has 0 aliphatic carbocycles. The lowest BCUT2D eigenvalue weighted by molar-refractivity contribution is -0.181. The number of hydrogen-bond donors (Lipinski definition) is 1. The lowest BCUT2D eigenvalue weighted by atomic mass is 9.95. The molecule has 0 aromatic heterocycles. The van der Waals surface area contributed by atoms with Gasteiger partial charge < -0.3 is 4.74 Å². The summed E-state index contributed by atoms with van der Waals surface area (Å²) in [5, 5.41) is 0. The van der Waals surface area contributed by atoms with E-state index in [4.69, 9.17) is 4.74 Å². The molecule has 0 saturated carbocycles. The predicted octanol–water partition coefficient (Wildman–Crippen LogP) is 3.73. The average Bonchev–Trinajstić information content (AvgIpc) is 2.39. The maximum Gasteiger partial charge on any atom is 0.405 e. The molecule has 0 rings (SSSR count). The Morgan fingerprint density at radius 1 is 1.22 bits per heavy atom. The van der Waals surface area contributed by atoms with Gasteiger partial charge in [0.1, 0.15) is 6.04 Å². The minimum atomic E-state index is -4.70. The van der Waals surface area contributed by atoms with Crippen LogP contribution >= 0.6 is 0 Å². The first-order chi connectivity index (χ1) is 10.3. The van der Waals surface area contributed by atoms with E-state index in [1.54, 1.807) is 41.5 Å². The Kier molecular flexibility index (Phi) is 8.76.